The van der Waals surface area contributed by atoms with Crippen LogP contribution in [0.3, 0.4) is 0 Å². The van der Waals surface area contributed by atoms with Crippen LogP contribution in [-0.4, -0.2) is 23.1 Å². The number of halogens is 1. The van der Waals surface area contributed by atoms with Crippen molar-refractivity contribution in [1.82, 2.24) is 10.1 Å². The molecule has 2 aromatic heterocycles. The Morgan fingerprint density at radius 3 is 2.78 bits per heavy atom. The number of carbonyl (C=O) groups excluding carboxylic acids is 1. The minimum Gasteiger partial charge on any atom is -0.372 e. The maximum absolute atomic E-state index is 11.9. The van der Waals surface area contributed by atoms with Gasteiger partial charge >= 0.3 is 0 Å². The molecule has 0 atom stereocenters. The number of nitrogens with zero attached hydrogens (tertiary/aromatic N) is 2. The van der Waals surface area contributed by atoms with E-state index in [-0.39, 0.29) is 11.8 Å². The first-order valence-corrected chi connectivity index (χ1v) is 5.56. The van der Waals surface area contributed by atoms with Crippen molar-refractivity contribution in [1.29, 1.82) is 0 Å². The van der Waals surface area contributed by atoms with Gasteiger partial charge in [-0.1, -0.05) is 16.8 Å². The maximum Gasteiger partial charge on any atom is 0.259 e. The molecular formula is C11H11ClN4O2. The van der Waals surface area contributed by atoms with Crippen LogP contribution in [0.25, 0.3) is 0 Å². The number of hydrogen-bond acceptors (Lipinski definition) is 5. The molecule has 1 amide bonds. The zero-order valence-corrected chi connectivity index (χ0v) is 10.6. The standard InChI is InChI=1S/C11H11ClN4O2/c1-6-3-9(18-16-6)15-11(17)7-4-8(12)10(13-2)14-5-7/h3-5H,1-2H3,(H,13,14)(H,15,17). The van der Waals surface area contributed by atoms with Crippen molar-refractivity contribution in [2.24, 2.45) is 0 Å². The van der Waals surface area contributed by atoms with Crippen LogP contribution < -0.4 is 10.6 Å². The van der Waals surface area contributed by atoms with Gasteiger partial charge in [-0.25, -0.2) is 4.98 Å². The van der Waals surface area contributed by atoms with E-state index in [1.165, 1.54) is 12.3 Å². The van der Waals surface area contributed by atoms with Crippen LogP contribution in [0.5, 0.6) is 0 Å². The van der Waals surface area contributed by atoms with Crippen molar-refractivity contribution in [2.45, 2.75) is 6.92 Å². The molecule has 0 saturated carbocycles. The molecule has 0 aliphatic carbocycles. The van der Waals surface area contributed by atoms with Crippen molar-refractivity contribution >= 4 is 29.2 Å². The summed E-state index contributed by atoms with van der Waals surface area (Å²) in [7, 11) is 1.70. The summed E-state index contributed by atoms with van der Waals surface area (Å²) in [6.07, 6.45) is 1.43. The van der Waals surface area contributed by atoms with Gasteiger partial charge in [-0.15, -0.1) is 0 Å². The van der Waals surface area contributed by atoms with Gasteiger partial charge in [0.25, 0.3) is 5.91 Å². The first-order valence-electron chi connectivity index (χ1n) is 5.18. The normalized spacial score (nSPS) is 10.2. The van der Waals surface area contributed by atoms with Crippen LogP contribution >= 0.6 is 11.6 Å². The molecule has 0 radical (unpaired) electrons. The first-order chi connectivity index (χ1) is 8.60. The van der Waals surface area contributed by atoms with Crippen LogP contribution in [0.4, 0.5) is 11.7 Å². The molecule has 0 saturated heterocycles. The van der Waals surface area contributed by atoms with Crippen molar-refractivity contribution in [3.8, 4) is 0 Å². The minimum atomic E-state index is -0.358. The largest absolute Gasteiger partial charge is 0.372 e. The molecule has 2 rings (SSSR count). The van der Waals surface area contributed by atoms with Crippen molar-refractivity contribution in [3.05, 3.63) is 34.6 Å². The van der Waals surface area contributed by atoms with E-state index in [1.807, 2.05) is 0 Å². The molecule has 18 heavy (non-hydrogen) atoms. The van der Waals surface area contributed by atoms with Gasteiger partial charge < -0.3 is 9.84 Å². The fraction of sp³-hybridized carbons (Fsp3) is 0.182. The average Bonchev–Trinajstić information content (AvgIpc) is 2.74. The highest BCUT2D eigenvalue weighted by atomic mass is 35.5. The lowest BCUT2D eigenvalue weighted by Gasteiger charge is -2.04. The lowest BCUT2D eigenvalue weighted by molar-refractivity contribution is 0.102. The van der Waals surface area contributed by atoms with Crippen molar-refractivity contribution in [3.63, 3.8) is 0 Å². The molecule has 2 aromatic rings. The number of carbonyl (C=O) groups is 1. The summed E-state index contributed by atoms with van der Waals surface area (Å²) in [6.45, 7) is 1.76. The molecule has 94 valence electrons. The Morgan fingerprint density at radius 2 is 2.22 bits per heavy atom. The van der Waals surface area contributed by atoms with Gasteiger partial charge in [-0.2, -0.15) is 0 Å². The van der Waals surface area contributed by atoms with Crippen LogP contribution in [0, 0.1) is 6.92 Å². The zero-order chi connectivity index (χ0) is 13.1. The molecule has 2 heterocycles. The third-order valence-corrected chi connectivity index (χ3v) is 2.49. The van der Waals surface area contributed by atoms with Crippen LogP contribution in [0.15, 0.2) is 22.9 Å². The van der Waals surface area contributed by atoms with E-state index < -0.39 is 0 Å². The lowest BCUT2D eigenvalue weighted by atomic mass is 10.2. The van der Waals surface area contributed by atoms with Crippen molar-refractivity contribution < 1.29 is 9.32 Å². The van der Waals surface area contributed by atoms with E-state index in [0.29, 0.717) is 22.1 Å². The second-order valence-corrected chi connectivity index (χ2v) is 4.00. The van der Waals surface area contributed by atoms with Crippen LogP contribution in [0.1, 0.15) is 16.1 Å². The molecule has 0 spiro atoms. The van der Waals surface area contributed by atoms with E-state index in [1.54, 1.807) is 20.0 Å². The van der Waals surface area contributed by atoms with Gasteiger partial charge in [-0.05, 0) is 13.0 Å². The van der Waals surface area contributed by atoms with Gasteiger partial charge in [0.15, 0.2) is 0 Å². The number of hydrogen-bond donors (Lipinski definition) is 2. The van der Waals surface area contributed by atoms with Gasteiger partial charge in [-0.3, -0.25) is 10.1 Å². The SMILES string of the molecule is CNc1ncc(C(=O)Nc2cc(C)no2)cc1Cl. The number of nitrogens with one attached hydrogen (secondary N) is 2. The predicted molar refractivity (Wildman–Crippen MR) is 68.0 cm³/mol. The summed E-state index contributed by atoms with van der Waals surface area (Å²) in [4.78, 5) is 15.9. The number of amides is 1. The second-order valence-electron chi connectivity index (χ2n) is 3.59. The Hall–Kier alpha value is -2.08. The Bertz CT molecular complexity index is 582. The first kappa shape index (κ1) is 12.4. The smallest absolute Gasteiger partial charge is 0.259 e. The van der Waals surface area contributed by atoms with Crippen LogP contribution in [0.2, 0.25) is 5.02 Å². The Kier molecular flexibility index (Phi) is 3.47. The number of anilines is 2. The minimum absolute atomic E-state index is 0.284. The molecule has 0 bridgehead atoms. The fourth-order valence-electron chi connectivity index (χ4n) is 1.35. The molecule has 0 fully saturated rings. The highest BCUT2D eigenvalue weighted by Gasteiger charge is 2.11. The molecule has 0 aromatic carbocycles. The van der Waals surface area contributed by atoms with Gasteiger partial charge in [0.2, 0.25) is 5.88 Å². The quantitative estimate of drug-likeness (QED) is 0.891. The van der Waals surface area contributed by atoms with Crippen molar-refractivity contribution in [2.75, 3.05) is 17.7 Å². The number of aromatic nitrogens is 2. The number of pyridine rings is 1. The lowest BCUT2D eigenvalue weighted by Crippen LogP contribution is -2.12. The predicted octanol–water partition coefficient (Wildman–Crippen LogP) is 2.33. The topological polar surface area (TPSA) is 80.0 Å². The zero-order valence-electron chi connectivity index (χ0n) is 9.82. The summed E-state index contributed by atoms with van der Waals surface area (Å²) < 4.78 is 4.88. The van der Waals surface area contributed by atoms with Gasteiger partial charge in [0.05, 0.1) is 16.3 Å². The summed E-state index contributed by atoms with van der Waals surface area (Å²) in [5.74, 6) is 0.443. The fourth-order valence-corrected chi connectivity index (χ4v) is 1.61. The highest BCUT2D eigenvalue weighted by Crippen LogP contribution is 2.20. The summed E-state index contributed by atoms with van der Waals surface area (Å²) in [5.41, 5.74) is 1.03. The third kappa shape index (κ3) is 2.60. The van der Waals surface area contributed by atoms with E-state index in [4.69, 9.17) is 16.1 Å². The Labute approximate surface area is 108 Å². The average molecular weight is 267 g/mol. The molecule has 2 N–H and O–H groups in total. The summed E-state index contributed by atoms with van der Waals surface area (Å²) >= 11 is 5.94. The van der Waals surface area contributed by atoms with Crippen LogP contribution in [-0.2, 0) is 0 Å². The monoisotopic (exact) mass is 266 g/mol. The maximum atomic E-state index is 11.9. The van der Waals surface area contributed by atoms with Gasteiger partial charge in [0.1, 0.15) is 5.82 Å². The Morgan fingerprint density at radius 1 is 1.44 bits per heavy atom. The molecule has 0 aliphatic heterocycles. The summed E-state index contributed by atoms with van der Waals surface area (Å²) in [5, 5.41) is 9.41. The van der Waals surface area contributed by atoms with E-state index in [9.17, 15) is 4.79 Å². The second kappa shape index (κ2) is 5.05. The third-order valence-electron chi connectivity index (χ3n) is 2.20. The summed E-state index contributed by atoms with van der Waals surface area (Å²) in [6, 6.07) is 3.15. The molecule has 7 heteroatoms. The van der Waals surface area contributed by atoms with E-state index in [2.05, 4.69) is 20.8 Å². The Balaban J connectivity index is 2.16. The molecular weight excluding hydrogens is 256 g/mol. The van der Waals surface area contributed by atoms with E-state index >= 15 is 0 Å². The number of rotatable bonds is 3. The molecule has 0 aliphatic rings. The molecule has 0 unspecified atom stereocenters. The number of aryl methyl sites for hydroxylation is 1. The molecule has 6 nitrogen and oxygen atoms in total. The highest BCUT2D eigenvalue weighted by molar-refractivity contribution is 6.33. The van der Waals surface area contributed by atoms with E-state index in [0.717, 1.165) is 0 Å². The van der Waals surface area contributed by atoms with Gasteiger partial charge in [0, 0.05) is 19.3 Å².